The van der Waals surface area contributed by atoms with E-state index in [-0.39, 0.29) is 17.0 Å². The summed E-state index contributed by atoms with van der Waals surface area (Å²) in [6.45, 7) is 3.31. The minimum absolute atomic E-state index is 0.0315. The first-order valence-electron chi connectivity index (χ1n) is 4.79. The zero-order valence-corrected chi connectivity index (χ0v) is 9.89. The zero-order chi connectivity index (χ0) is 12.3. The lowest BCUT2D eigenvalue weighted by Gasteiger charge is -2.06. The number of aromatic nitrogens is 1. The van der Waals surface area contributed by atoms with Gasteiger partial charge in [-0.25, -0.2) is 13.2 Å². The first-order valence-corrected chi connectivity index (χ1v) is 6.44. The smallest absolute Gasteiger partial charge is 0.339 e. The fourth-order valence-corrected chi connectivity index (χ4v) is 2.51. The number of aromatic amines is 1. The number of nitrogens with one attached hydrogen (secondary N) is 2. The molecule has 0 amide bonds. The number of aryl methyl sites for hydroxylation is 1. The largest absolute Gasteiger partial charge is 0.478 e. The van der Waals surface area contributed by atoms with Crippen LogP contribution in [0.3, 0.4) is 0 Å². The second-order valence-electron chi connectivity index (χ2n) is 3.43. The molecule has 0 unspecified atom stereocenters. The van der Waals surface area contributed by atoms with Crippen LogP contribution < -0.4 is 4.72 Å². The van der Waals surface area contributed by atoms with E-state index in [1.54, 1.807) is 13.8 Å². The SMILES string of the molecule is CCCS(=O)(=O)Nc1c[nH]c(C)c1C(=O)O. The van der Waals surface area contributed by atoms with Gasteiger partial charge in [0.05, 0.1) is 11.4 Å². The van der Waals surface area contributed by atoms with Crippen LogP contribution in [0.25, 0.3) is 0 Å². The molecule has 0 atom stereocenters. The Morgan fingerprint density at radius 2 is 2.19 bits per heavy atom. The van der Waals surface area contributed by atoms with Crippen LogP contribution in [0.4, 0.5) is 5.69 Å². The fraction of sp³-hybridized carbons (Fsp3) is 0.444. The van der Waals surface area contributed by atoms with E-state index >= 15 is 0 Å². The number of carboxylic acids is 1. The van der Waals surface area contributed by atoms with Gasteiger partial charge in [0.1, 0.15) is 5.56 Å². The zero-order valence-electron chi connectivity index (χ0n) is 9.07. The summed E-state index contributed by atoms with van der Waals surface area (Å²) < 4.78 is 25.2. The molecule has 0 saturated heterocycles. The third-order valence-corrected chi connectivity index (χ3v) is 3.51. The lowest BCUT2D eigenvalue weighted by atomic mass is 10.2. The molecule has 6 nitrogen and oxygen atoms in total. The van der Waals surface area contributed by atoms with Crippen molar-refractivity contribution < 1.29 is 18.3 Å². The Morgan fingerprint density at radius 1 is 1.56 bits per heavy atom. The summed E-state index contributed by atoms with van der Waals surface area (Å²) in [5, 5.41) is 8.91. The molecule has 1 aromatic rings. The molecule has 0 aliphatic heterocycles. The first-order chi connectivity index (χ1) is 7.37. The molecular weight excluding hydrogens is 232 g/mol. The molecule has 0 radical (unpaired) electrons. The predicted octanol–water partition coefficient (Wildman–Crippen LogP) is 1.17. The van der Waals surface area contributed by atoms with Crippen molar-refractivity contribution in [1.82, 2.24) is 4.98 Å². The third-order valence-electron chi connectivity index (χ3n) is 2.03. The molecule has 0 bridgehead atoms. The van der Waals surface area contributed by atoms with Crippen molar-refractivity contribution >= 4 is 21.7 Å². The van der Waals surface area contributed by atoms with Crippen molar-refractivity contribution in [1.29, 1.82) is 0 Å². The summed E-state index contributed by atoms with van der Waals surface area (Å²) >= 11 is 0. The standard InChI is InChI=1S/C9H14N2O4S/c1-3-4-16(14,15)11-7-5-10-6(2)8(7)9(12)13/h5,10-11H,3-4H2,1-2H3,(H,12,13). The van der Waals surface area contributed by atoms with E-state index in [9.17, 15) is 13.2 Å². The Bertz CT molecular complexity index is 490. The first kappa shape index (κ1) is 12.6. The molecular formula is C9H14N2O4S. The molecule has 1 heterocycles. The molecule has 0 aliphatic rings. The van der Waals surface area contributed by atoms with Crippen LogP contribution in [0.2, 0.25) is 0 Å². The van der Waals surface area contributed by atoms with Crippen molar-refractivity contribution in [3.8, 4) is 0 Å². The van der Waals surface area contributed by atoms with Gasteiger partial charge in [0, 0.05) is 11.9 Å². The lowest BCUT2D eigenvalue weighted by Crippen LogP contribution is -2.17. The van der Waals surface area contributed by atoms with Crippen molar-refractivity contribution in [2.24, 2.45) is 0 Å². The molecule has 1 aromatic heterocycles. The topological polar surface area (TPSA) is 99.3 Å². The van der Waals surface area contributed by atoms with Crippen LogP contribution in [0.1, 0.15) is 29.4 Å². The summed E-state index contributed by atoms with van der Waals surface area (Å²) in [4.78, 5) is 13.6. The molecule has 0 fully saturated rings. The molecule has 16 heavy (non-hydrogen) atoms. The number of carbonyl (C=O) groups is 1. The minimum Gasteiger partial charge on any atom is -0.478 e. The summed E-state index contributed by atoms with van der Waals surface area (Å²) in [5.74, 6) is -1.19. The summed E-state index contributed by atoms with van der Waals surface area (Å²) in [6, 6.07) is 0. The van der Waals surface area contributed by atoms with Crippen LogP contribution in [0.15, 0.2) is 6.20 Å². The third kappa shape index (κ3) is 2.75. The Balaban J connectivity index is 3.03. The van der Waals surface area contributed by atoms with Crippen LogP contribution in [-0.4, -0.2) is 30.2 Å². The quantitative estimate of drug-likeness (QED) is 0.726. The van der Waals surface area contributed by atoms with Gasteiger partial charge in [-0.05, 0) is 13.3 Å². The maximum absolute atomic E-state index is 11.5. The van der Waals surface area contributed by atoms with E-state index in [1.165, 1.54) is 6.20 Å². The molecule has 90 valence electrons. The molecule has 0 aromatic carbocycles. The maximum Gasteiger partial charge on any atom is 0.339 e. The summed E-state index contributed by atoms with van der Waals surface area (Å²) in [5.41, 5.74) is 0.458. The number of hydrogen-bond acceptors (Lipinski definition) is 3. The fourth-order valence-electron chi connectivity index (χ4n) is 1.37. The summed E-state index contributed by atoms with van der Waals surface area (Å²) in [6.07, 6.45) is 1.81. The van der Waals surface area contributed by atoms with E-state index in [1.807, 2.05) is 0 Å². The van der Waals surface area contributed by atoms with Crippen LogP contribution >= 0.6 is 0 Å². The van der Waals surface area contributed by atoms with Crippen LogP contribution in [-0.2, 0) is 10.0 Å². The van der Waals surface area contributed by atoms with Gasteiger partial charge in [0.15, 0.2) is 0 Å². The molecule has 3 N–H and O–H groups in total. The van der Waals surface area contributed by atoms with Crippen LogP contribution in [0, 0.1) is 6.92 Å². The van der Waals surface area contributed by atoms with E-state index in [0.29, 0.717) is 12.1 Å². The second-order valence-corrected chi connectivity index (χ2v) is 5.27. The molecule has 0 saturated carbocycles. The normalized spacial score (nSPS) is 11.4. The average molecular weight is 246 g/mol. The van der Waals surface area contributed by atoms with Gasteiger partial charge in [0.2, 0.25) is 10.0 Å². The number of carboxylic acid groups (broad SMARTS) is 1. The van der Waals surface area contributed by atoms with Gasteiger partial charge in [-0.3, -0.25) is 4.72 Å². The molecule has 0 aliphatic carbocycles. The Morgan fingerprint density at radius 3 is 2.69 bits per heavy atom. The number of aromatic carboxylic acids is 1. The molecule has 7 heteroatoms. The van der Waals surface area contributed by atoms with Gasteiger partial charge >= 0.3 is 5.97 Å². The van der Waals surface area contributed by atoms with Crippen molar-refractivity contribution in [2.75, 3.05) is 10.5 Å². The Labute approximate surface area is 93.7 Å². The van der Waals surface area contributed by atoms with Crippen molar-refractivity contribution in [2.45, 2.75) is 20.3 Å². The maximum atomic E-state index is 11.5. The minimum atomic E-state index is -3.46. The monoisotopic (exact) mass is 246 g/mol. The van der Waals surface area contributed by atoms with Gasteiger partial charge in [-0.2, -0.15) is 0 Å². The number of rotatable bonds is 5. The highest BCUT2D eigenvalue weighted by atomic mass is 32.2. The number of anilines is 1. The number of H-pyrrole nitrogens is 1. The van der Waals surface area contributed by atoms with Crippen molar-refractivity contribution in [3.05, 3.63) is 17.5 Å². The van der Waals surface area contributed by atoms with E-state index in [0.717, 1.165) is 0 Å². The van der Waals surface area contributed by atoms with Crippen LogP contribution in [0.5, 0.6) is 0 Å². The van der Waals surface area contributed by atoms with Gasteiger partial charge in [-0.1, -0.05) is 6.92 Å². The van der Waals surface area contributed by atoms with Gasteiger partial charge in [-0.15, -0.1) is 0 Å². The summed E-state index contributed by atoms with van der Waals surface area (Å²) in [7, 11) is -3.46. The molecule has 0 spiro atoms. The Hall–Kier alpha value is -1.50. The van der Waals surface area contributed by atoms with E-state index in [2.05, 4.69) is 9.71 Å². The number of hydrogen-bond donors (Lipinski definition) is 3. The van der Waals surface area contributed by atoms with Crippen molar-refractivity contribution in [3.63, 3.8) is 0 Å². The van der Waals surface area contributed by atoms with E-state index < -0.39 is 16.0 Å². The highest BCUT2D eigenvalue weighted by molar-refractivity contribution is 7.92. The second kappa shape index (κ2) is 4.56. The van der Waals surface area contributed by atoms with E-state index in [4.69, 9.17) is 5.11 Å². The highest BCUT2D eigenvalue weighted by Gasteiger charge is 2.19. The Kier molecular flexibility index (Phi) is 3.58. The highest BCUT2D eigenvalue weighted by Crippen LogP contribution is 2.20. The van der Waals surface area contributed by atoms with Gasteiger partial charge < -0.3 is 10.1 Å². The predicted molar refractivity (Wildman–Crippen MR) is 60.2 cm³/mol. The lowest BCUT2D eigenvalue weighted by molar-refractivity contribution is 0.0697. The average Bonchev–Trinajstić information content (AvgIpc) is 2.45. The number of sulfonamides is 1. The molecule has 1 rings (SSSR count). The van der Waals surface area contributed by atoms with Gasteiger partial charge in [0.25, 0.3) is 0 Å².